The van der Waals surface area contributed by atoms with Crippen LogP contribution in [0.5, 0.6) is 0 Å². The molecular formula is C13H10. The fourth-order valence-electron chi connectivity index (χ4n) is 1.81. The van der Waals surface area contributed by atoms with Crippen LogP contribution in [-0.2, 0) is 6.42 Å². The van der Waals surface area contributed by atoms with Crippen molar-refractivity contribution < 1.29 is 0 Å². The van der Waals surface area contributed by atoms with Crippen LogP contribution in [0.25, 0.3) is 12.2 Å². The van der Waals surface area contributed by atoms with Crippen LogP contribution in [-0.4, -0.2) is 0 Å². The highest BCUT2D eigenvalue weighted by Gasteiger charge is 2.20. The monoisotopic (exact) mass is 166 g/mol. The Morgan fingerprint density at radius 2 is 1.69 bits per heavy atom. The summed E-state index contributed by atoms with van der Waals surface area (Å²) >= 11 is 0. The number of allylic oxidation sites excluding steroid dienone is 4. The van der Waals surface area contributed by atoms with Crippen LogP contribution < -0.4 is 0 Å². The van der Waals surface area contributed by atoms with Gasteiger partial charge in [0.25, 0.3) is 0 Å². The van der Waals surface area contributed by atoms with Gasteiger partial charge in [0.1, 0.15) is 0 Å². The molecule has 0 spiro atoms. The molecule has 0 saturated carbocycles. The lowest BCUT2D eigenvalue weighted by atomic mass is 10.0. The van der Waals surface area contributed by atoms with E-state index >= 15 is 0 Å². The van der Waals surface area contributed by atoms with E-state index in [0.29, 0.717) is 0 Å². The molecule has 0 aliphatic heterocycles. The maximum absolute atomic E-state index is 2.23. The Labute approximate surface area is 77.9 Å². The normalized spacial score (nSPS) is 23.4. The number of benzene rings is 1. The molecule has 0 nitrogen and oxygen atoms in total. The van der Waals surface area contributed by atoms with Gasteiger partial charge in [0.2, 0.25) is 0 Å². The minimum Gasteiger partial charge on any atom is -0.0622 e. The molecule has 0 bridgehead atoms. The number of rotatable bonds is 0. The Bertz CT molecular complexity index is 445. The molecule has 0 aromatic heterocycles. The van der Waals surface area contributed by atoms with Crippen molar-refractivity contribution in [3.63, 3.8) is 0 Å². The zero-order valence-corrected chi connectivity index (χ0v) is 7.33. The number of hydrogen-bond donors (Lipinski definition) is 0. The van der Waals surface area contributed by atoms with Gasteiger partial charge in [-0.05, 0) is 28.7 Å². The summed E-state index contributed by atoms with van der Waals surface area (Å²) in [5.41, 5.74) is 5.81. The summed E-state index contributed by atoms with van der Waals surface area (Å²) in [6.07, 6.45) is 13.9. The van der Waals surface area contributed by atoms with Gasteiger partial charge in [-0.2, -0.15) is 0 Å². The average molecular weight is 166 g/mol. The molecule has 2 aliphatic carbocycles. The molecule has 62 valence electrons. The second-order valence-electron chi connectivity index (χ2n) is 3.49. The van der Waals surface area contributed by atoms with Gasteiger partial charge in [-0.15, -0.1) is 0 Å². The van der Waals surface area contributed by atoms with Gasteiger partial charge in [-0.1, -0.05) is 48.6 Å². The first kappa shape index (κ1) is 6.90. The minimum absolute atomic E-state index is 1.19. The lowest BCUT2D eigenvalue weighted by molar-refractivity contribution is 1.58. The van der Waals surface area contributed by atoms with Gasteiger partial charge in [-0.3, -0.25) is 0 Å². The van der Waals surface area contributed by atoms with Crippen molar-refractivity contribution >= 4 is 12.2 Å². The molecule has 0 unspecified atom stereocenters. The summed E-state index contributed by atoms with van der Waals surface area (Å²) in [6.45, 7) is 0. The number of fused-ring (bicyclic) bond motifs is 3. The first-order valence-corrected chi connectivity index (χ1v) is 4.61. The predicted octanol–water partition coefficient (Wildman–Crippen LogP) is 3.19. The summed E-state index contributed by atoms with van der Waals surface area (Å²) in [6, 6.07) is 4.44. The molecular weight excluding hydrogens is 156 g/mol. The molecule has 2 aliphatic rings. The van der Waals surface area contributed by atoms with Crippen molar-refractivity contribution in [2.24, 2.45) is 0 Å². The van der Waals surface area contributed by atoms with Gasteiger partial charge in [0.15, 0.2) is 0 Å². The van der Waals surface area contributed by atoms with Crippen LogP contribution >= 0.6 is 0 Å². The Kier molecular flexibility index (Phi) is 1.31. The van der Waals surface area contributed by atoms with E-state index in [-0.39, 0.29) is 0 Å². The second kappa shape index (κ2) is 2.46. The third kappa shape index (κ3) is 1.06. The fourth-order valence-corrected chi connectivity index (χ4v) is 1.81. The van der Waals surface area contributed by atoms with E-state index in [4.69, 9.17) is 0 Å². The molecule has 0 amide bonds. The summed E-state index contributed by atoms with van der Waals surface area (Å²) in [5, 5.41) is 0. The van der Waals surface area contributed by atoms with Crippen LogP contribution in [0.2, 0.25) is 0 Å². The maximum atomic E-state index is 2.23. The SMILES string of the molecule is C1=C\C=C/c2c(ccc3c2C3)\C=C/1. The van der Waals surface area contributed by atoms with E-state index in [1.807, 2.05) is 0 Å². The van der Waals surface area contributed by atoms with Crippen molar-refractivity contribution in [2.75, 3.05) is 0 Å². The third-order valence-corrected chi connectivity index (χ3v) is 2.60. The van der Waals surface area contributed by atoms with Crippen LogP contribution in [0.1, 0.15) is 22.3 Å². The van der Waals surface area contributed by atoms with Gasteiger partial charge < -0.3 is 0 Å². The number of hydrogen-bond acceptors (Lipinski definition) is 0. The molecule has 0 saturated heterocycles. The topological polar surface area (TPSA) is 0 Å². The average Bonchev–Trinajstić information content (AvgIpc) is 2.83. The standard InChI is InChI=1S/C13H10/c1-2-4-6-12-10(5-3-1)7-8-11-9-13(11)12/h1-8H,9H2/b2-1-,3-1?,4-2?,5-3-,6-4-,10-5?,12-6?. The van der Waals surface area contributed by atoms with Crippen LogP contribution in [0.15, 0.2) is 36.4 Å². The molecule has 13 heavy (non-hydrogen) atoms. The first-order valence-electron chi connectivity index (χ1n) is 4.61. The second-order valence-corrected chi connectivity index (χ2v) is 3.49. The van der Waals surface area contributed by atoms with E-state index in [1.165, 1.54) is 28.7 Å². The minimum atomic E-state index is 1.19. The highest BCUT2D eigenvalue weighted by atomic mass is 14.2. The quantitative estimate of drug-likeness (QED) is 0.564. The lowest BCUT2D eigenvalue weighted by Crippen LogP contribution is -1.80. The van der Waals surface area contributed by atoms with E-state index in [1.54, 1.807) is 0 Å². The van der Waals surface area contributed by atoms with Crippen LogP contribution in [0.4, 0.5) is 0 Å². The zero-order valence-electron chi connectivity index (χ0n) is 7.33. The van der Waals surface area contributed by atoms with Gasteiger partial charge in [0.05, 0.1) is 0 Å². The zero-order chi connectivity index (χ0) is 8.67. The van der Waals surface area contributed by atoms with Gasteiger partial charge >= 0.3 is 0 Å². The van der Waals surface area contributed by atoms with Crippen molar-refractivity contribution in [3.05, 3.63) is 58.7 Å². The molecule has 1 aromatic rings. The molecule has 0 heteroatoms. The first-order chi connectivity index (χ1) is 6.45. The smallest absolute Gasteiger partial charge is 0.00137 e. The van der Waals surface area contributed by atoms with E-state index in [2.05, 4.69) is 48.6 Å². The van der Waals surface area contributed by atoms with Crippen LogP contribution in [0, 0.1) is 0 Å². The Hall–Kier alpha value is -1.56. The van der Waals surface area contributed by atoms with Crippen molar-refractivity contribution in [1.29, 1.82) is 0 Å². The molecule has 1 aromatic carbocycles. The predicted molar refractivity (Wildman–Crippen MR) is 56.5 cm³/mol. The molecule has 3 rings (SSSR count). The molecule has 0 heterocycles. The van der Waals surface area contributed by atoms with E-state index < -0.39 is 0 Å². The summed E-state index contributed by atoms with van der Waals surface area (Å²) in [7, 11) is 0. The Balaban J connectivity index is 2.25. The molecule has 0 atom stereocenters. The fraction of sp³-hybridized carbons (Fsp3) is 0.0769. The highest BCUT2D eigenvalue weighted by Crippen LogP contribution is 2.35. The molecule has 0 N–H and O–H groups in total. The van der Waals surface area contributed by atoms with Crippen LogP contribution in [0.3, 0.4) is 0 Å². The summed E-state index contributed by atoms with van der Waals surface area (Å²) in [4.78, 5) is 0. The van der Waals surface area contributed by atoms with Crippen molar-refractivity contribution in [2.45, 2.75) is 6.42 Å². The lowest BCUT2D eigenvalue weighted by Gasteiger charge is -2.00. The Morgan fingerprint density at radius 3 is 2.62 bits per heavy atom. The third-order valence-electron chi connectivity index (χ3n) is 2.60. The molecule has 0 fully saturated rings. The van der Waals surface area contributed by atoms with Crippen molar-refractivity contribution in [1.82, 2.24) is 0 Å². The largest absolute Gasteiger partial charge is 0.0622 e. The van der Waals surface area contributed by atoms with Crippen molar-refractivity contribution in [3.8, 4) is 0 Å². The van der Waals surface area contributed by atoms with E-state index in [0.717, 1.165) is 0 Å². The summed E-state index contributed by atoms with van der Waals surface area (Å²) < 4.78 is 0. The van der Waals surface area contributed by atoms with Gasteiger partial charge in [0, 0.05) is 0 Å². The highest BCUT2D eigenvalue weighted by molar-refractivity contribution is 5.75. The maximum Gasteiger partial charge on any atom is -0.00137 e. The van der Waals surface area contributed by atoms with E-state index in [9.17, 15) is 0 Å². The summed E-state index contributed by atoms with van der Waals surface area (Å²) in [5.74, 6) is 0. The molecule has 0 radical (unpaired) electrons. The van der Waals surface area contributed by atoms with Gasteiger partial charge in [-0.25, -0.2) is 0 Å². The Morgan fingerprint density at radius 1 is 0.846 bits per heavy atom.